The summed E-state index contributed by atoms with van der Waals surface area (Å²) in [4.78, 5) is 5.30. The van der Waals surface area contributed by atoms with Gasteiger partial charge in [-0.3, -0.25) is 0 Å². The summed E-state index contributed by atoms with van der Waals surface area (Å²) in [6, 6.07) is 11.3. The van der Waals surface area contributed by atoms with Crippen molar-refractivity contribution in [1.29, 1.82) is 0 Å². The lowest BCUT2D eigenvalue weighted by Gasteiger charge is -2.08. The highest BCUT2D eigenvalue weighted by Crippen LogP contribution is 2.28. The maximum Gasteiger partial charge on any atom is 0.136 e. The third-order valence-corrected chi connectivity index (χ3v) is 3.84. The quantitative estimate of drug-likeness (QED) is 0.839. The lowest BCUT2D eigenvalue weighted by Crippen LogP contribution is -1.95. The van der Waals surface area contributed by atoms with Crippen molar-refractivity contribution in [2.24, 2.45) is 0 Å². The van der Waals surface area contributed by atoms with Gasteiger partial charge >= 0.3 is 0 Å². The van der Waals surface area contributed by atoms with Crippen molar-refractivity contribution in [3.8, 4) is 0 Å². The van der Waals surface area contributed by atoms with Gasteiger partial charge in [0.1, 0.15) is 5.82 Å². The van der Waals surface area contributed by atoms with Gasteiger partial charge in [0.05, 0.1) is 12.3 Å². The Bertz CT molecular complexity index is 548. The summed E-state index contributed by atoms with van der Waals surface area (Å²) in [6.45, 7) is 1.92. The van der Waals surface area contributed by atoms with Crippen LogP contribution in [0.15, 0.2) is 41.3 Å². The summed E-state index contributed by atoms with van der Waals surface area (Å²) >= 11 is 7.51. The van der Waals surface area contributed by atoms with Gasteiger partial charge in [-0.2, -0.15) is 0 Å². The zero-order valence-electron chi connectivity index (χ0n) is 9.85. The number of nitrogens with zero attached hydrogens (tertiary/aromatic N) is 1. The molecule has 2 rings (SSSR count). The molecule has 94 valence electrons. The van der Waals surface area contributed by atoms with Crippen LogP contribution in [0.5, 0.6) is 0 Å². The number of rotatable bonds is 4. The molecule has 0 saturated carbocycles. The number of hydrogen-bond acceptors (Lipinski definition) is 4. The Morgan fingerprint density at radius 1 is 1.28 bits per heavy atom. The van der Waals surface area contributed by atoms with Gasteiger partial charge in [0.15, 0.2) is 0 Å². The molecule has 0 saturated heterocycles. The lowest BCUT2D eigenvalue weighted by atomic mass is 10.2. The molecule has 0 unspecified atom stereocenters. The van der Waals surface area contributed by atoms with Gasteiger partial charge < -0.3 is 9.83 Å². The number of benzene rings is 1. The van der Waals surface area contributed by atoms with Gasteiger partial charge in [-0.15, -0.1) is 0 Å². The van der Waals surface area contributed by atoms with Crippen LogP contribution in [0.25, 0.3) is 0 Å². The van der Waals surface area contributed by atoms with Gasteiger partial charge in [-0.25, -0.2) is 4.98 Å². The predicted molar refractivity (Wildman–Crippen MR) is 75.8 cm³/mol. The monoisotopic (exact) mass is 280 g/mol. The van der Waals surface area contributed by atoms with Gasteiger partial charge in [0, 0.05) is 9.92 Å². The van der Waals surface area contributed by atoms with Crippen LogP contribution in [0.1, 0.15) is 11.3 Å². The Hall–Kier alpha value is -1.23. The number of nitrogens with one attached hydrogen (secondary N) is 1. The molecule has 0 aliphatic carbocycles. The fourth-order valence-electron chi connectivity index (χ4n) is 1.43. The van der Waals surface area contributed by atoms with Crippen LogP contribution in [0.3, 0.4) is 0 Å². The first kappa shape index (κ1) is 13.2. The summed E-state index contributed by atoms with van der Waals surface area (Å²) in [7, 11) is 0. The zero-order chi connectivity index (χ0) is 13.0. The first-order valence-electron chi connectivity index (χ1n) is 5.45. The Balaban J connectivity index is 2.09. The number of halogens is 1. The smallest absolute Gasteiger partial charge is 0.136 e. The molecular weight excluding hydrogens is 268 g/mol. The van der Waals surface area contributed by atoms with Crippen molar-refractivity contribution in [2.45, 2.75) is 18.4 Å². The fraction of sp³-hybridized carbons (Fsp3) is 0.154. The van der Waals surface area contributed by atoms with Gasteiger partial charge in [-0.05, 0) is 48.7 Å². The van der Waals surface area contributed by atoms with E-state index in [9.17, 15) is 0 Å². The number of anilines is 1. The van der Waals surface area contributed by atoms with E-state index in [0.29, 0.717) is 11.5 Å². The van der Waals surface area contributed by atoms with Crippen LogP contribution >= 0.6 is 23.5 Å². The zero-order valence-corrected chi connectivity index (χ0v) is 11.4. The first-order valence-corrected chi connectivity index (χ1v) is 6.65. The summed E-state index contributed by atoms with van der Waals surface area (Å²) in [5.74, 6) is 0.714. The predicted octanol–water partition coefficient (Wildman–Crippen LogP) is 3.65. The maximum absolute atomic E-state index is 9.01. The van der Waals surface area contributed by atoms with E-state index >= 15 is 0 Å². The van der Waals surface area contributed by atoms with Crippen molar-refractivity contribution in [2.75, 3.05) is 4.72 Å². The SMILES string of the molecule is Cc1c(Cl)cccc1SNc1cccc(CO)n1. The van der Waals surface area contributed by atoms with E-state index in [2.05, 4.69) is 9.71 Å². The van der Waals surface area contributed by atoms with Crippen molar-refractivity contribution in [3.05, 3.63) is 52.7 Å². The molecule has 1 aromatic heterocycles. The highest BCUT2D eigenvalue weighted by Gasteiger charge is 2.03. The Morgan fingerprint density at radius 3 is 2.83 bits per heavy atom. The first-order chi connectivity index (χ1) is 8.70. The van der Waals surface area contributed by atoms with Gasteiger partial charge in [0.2, 0.25) is 0 Å². The summed E-state index contributed by atoms with van der Waals surface area (Å²) in [6.07, 6.45) is 0. The topological polar surface area (TPSA) is 45.1 Å². The minimum atomic E-state index is -0.0591. The summed E-state index contributed by atoms with van der Waals surface area (Å²) in [5, 5.41) is 9.76. The molecule has 0 aliphatic heterocycles. The van der Waals surface area contributed by atoms with E-state index in [1.54, 1.807) is 6.07 Å². The van der Waals surface area contributed by atoms with Crippen LogP contribution < -0.4 is 4.72 Å². The maximum atomic E-state index is 9.01. The number of aliphatic hydroxyl groups excluding tert-OH is 1. The molecule has 1 heterocycles. The molecule has 0 spiro atoms. The Kier molecular flexibility index (Phi) is 4.47. The second kappa shape index (κ2) is 6.09. The highest BCUT2D eigenvalue weighted by atomic mass is 35.5. The standard InChI is InChI=1S/C13H13ClN2OS/c1-9-11(14)5-3-6-12(9)18-16-13-7-2-4-10(8-17)15-13/h2-7,17H,8H2,1H3,(H,15,16). The minimum Gasteiger partial charge on any atom is -0.390 e. The summed E-state index contributed by atoms with van der Waals surface area (Å²) < 4.78 is 3.14. The van der Waals surface area contributed by atoms with Crippen LogP contribution in [0.2, 0.25) is 5.02 Å². The van der Waals surface area contributed by atoms with E-state index in [-0.39, 0.29) is 6.61 Å². The number of aromatic nitrogens is 1. The Labute approximate surface area is 115 Å². The molecule has 18 heavy (non-hydrogen) atoms. The van der Waals surface area contributed by atoms with Gasteiger partial charge in [-0.1, -0.05) is 23.7 Å². The molecule has 1 aromatic carbocycles. The highest BCUT2D eigenvalue weighted by molar-refractivity contribution is 8.00. The molecule has 0 fully saturated rings. The molecule has 0 radical (unpaired) electrons. The second-order valence-electron chi connectivity index (χ2n) is 3.74. The lowest BCUT2D eigenvalue weighted by molar-refractivity contribution is 0.277. The largest absolute Gasteiger partial charge is 0.390 e. The average molecular weight is 281 g/mol. The molecule has 2 aromatic rings. The molecule has 0 aliphatic rings. The molecule has 0 atom stereocenters. The molecule has 2 N–H and O–H groups in total. The van der Waals surface area contributed by atoms with E-state index in [4.69, 9.17) is 16.7 Å². The molecule has 0 bridgehead atoms. The van der Waals surface area contributed by atoms with Crippen molar-refractivity contribution >= 4 is 29.4 Å². The third kappa shape index (κ3) is 3.16. The van der Waals surface area contributed by atoms with Crippen LogP contribution in [0, 0.1) is 6.92 Å². The van der Waals surface area contributed by atoms with Crippen LogP contribution in [0.4, 0.5) is 5.82 Å². The molecular formula is C13H13ClN2OS. The van der Waals surface area contributed by atoms with Gasteiger partial charge in [0.25, 0.3) is 0 Å². The van der Waals surface area contributed by atoms with Crippen LogP contribution in [-0.2, 0) is 6.61 Å². The molecule has 5 heteroatoms. The normalized spacial score (nSPS) is 10.4. The number of hydrogen-bond donors (Lipinski definition) is 2. The van der Waals surface area contributed by atoms with E-state index in [1.807, 2.05) is 37.3 Å². The molecule has 3 nitrogen and oxygen atoms in total. The number of pyridine rings is 1. The van der Waals surface area contributed by atoms with Crippen molar-refractivity contribution < 1.29 is 5.11 Å². The fourth-order valence-corrected chi connectivity index (χ4v) is 2.40. The minimum absolute atomic E-state index is 0.0591. The van der Waals surface area contributed by atoms with E-state index in [1.165, 1.54) is 11.9 Å². The Morgan fingerprint density at radius 2 is 2.06 bits per heavy atom. The van der Waals surface area contributed by atoms with Crippen molar-refractivity contribution in [3.63, 3.8) is 0 Å². The third-order valence-electron chi connectivity index (χ3n) is 2.45. The average Bonchev–Trinajstić information content (AvgIpc) is 2.41. The summed E-state index contributed by atoms with van der Waals surface area (Å²) in [5.41, 5.74) is 1.68. The van der Waals surface area contributed by atoms with E-state index < -0.39 is 0 Å². The second-order valence-corrected chi connectivity index (χ2v) is 4.99. The van der Waals surface area contributed by atoms with E-state index in [0.717, 1.165) is 15.5 Å². The number of aliphatic hydroxyl groups is 1. The van der Waals surface area contributed by atoms with Crippen LogP contribution in [-0.4, -0.2) is 10.1 Å². The molecule has 0 amide bonds. The van der Waals surface area contributed by atoms with Crippen molar-refractivity contribution in [1.82, 2.24) is 4.98 Å².